The van der Waals surface area contributed by atoms with Crippen LogP contribution in [0.2, 0.25) is 10.0 Å². The number of nitrogens with one attached hydrogen (secondary N) is 2. The van der Waals surface area contributed by atoms with Gasteiger partial charge in [-0.3, -0.25) is 14.6 Å². The van der Waals surface area contributed by atoms with E-state index >= 15 is 0 Å². The molecule has 3 rings (SSSR count). The molecule has 2 heterocycles. The van der Waals surface area contributed by atoms with Crippen molar-refractivity contribution in [1.82, 2.24) is 10.3 Å². The fraction of sp³-hybridized carbons (Fsp3) is 0.0556. The van der Waals surface area contributed by atoms with Gasteiger partial charge in [0.2, 0.25) is 0 Å². The highest BCUT2D eigenvalue weighted by Crippen LogP contribution is 2.25. The monoisotopic (exact) mass is 389 g/mol. The largest absolute Gasteiger partial charge is 0.467 e. The Hall–Kier alpha value is -2.83. The van der Waals surface area contributed by atoms with Gasteiger partial charge in [-0.2, -0.15) is 0 Å². The Bertz CT molecular complexity index is 943. The molecule has 132 valence electrons. The number of pyridine rings is 1. The van der Waals surface area contributed by atoms with Gasteiger partial charge in [-0.15, -0.1) is 0 Å². The summed E-state index contributed by atoms with van der Waals surface area (Å²) in [6.07, 6.45) is 2.91. The minimum absolute atomic E-state index is 0.0756. The predicted octanol–water partition coefficient (Wildman–Crippen LogP) is 4.16. The van der Waals surface area contributed by atoms with E-state index in [1.807, 2.05) is 0 Å². The van der Waals surface area contributed by atoms with Gasteiger partial charge in [0.1, 0.15) is 11.5 Å². The van der Waals surface area contributed by atoms with E-state index in [2.05, 4.69) is 15.6 Å². The zero-order valence-corrected chi connectivity index (χ0v) is 14.8. The Kier molecular flexibility index (Phi) is 5.55. The van der Waals surface area contributed by atoms with Gasteiger partial charge in [0.15, 0.2) is 0 Å². The van der Waals surface area contributed by atoms with Gasteiger partial charge in [-0.1, -0.05) is 23.2 Å². The number of carbonyl (C=O) groups is 2. The minimum Gasteiger partial charge on any atom is -0.467 e. The fourth-order valence-electron chi connectivity index (χ4n) is 2.16. The summed E-state index contributed by atoms with van der Waals surface area (Å²) in [5.41, 5.74) is 0.735. The number of amides is 2. The van der Waals surface area contributed by atoms with Gasteiger partial charge in [0.05, 0.1) is 23.5 Å². The Balaban J connectivity index is 1.70. The molecule has 0 bridgehead atoms. The van der Waals surface area contributed by atoms with E-state index < -0.39 is 5.91 Å². The van der Waals surface area contributed by atoms with Crippen LogP contribution in [0.25, 0.3) is 0 Å². The Morgan fingerprint density at radius 3 is 2.69 bits per heavy atom. The van der Waals surface area contributed by atoms with Crippen molar-refractivity contribution in [3.63, 3.8) is 0 Å². The lowest BCUT2D eigenvalue weighted by Crippen LogP contribution is -2.23. The minimum atomic E-state index is -0.505. The third-order valence-electron chi connectivity index (χ3n) is 3.43. The van der Waals surface area contributed by atoms with Gasteiger partial charge in [-0.05, 0) is 42.5 Å². The summed E-state index contributed by atoms with van der Waals surface area (Å²) >= 11 is 11.9. The Morgan fingerprint density at radius 2 is 1.92 bits per heavy atom. The maximum absolute atomic E-state index is 12.4. The maximum Gasteiger partial charge on any atom is 0.274 e. The number of hydrogen-bond donors (Lipinski definition) is 2. The quantitative estimate of drug-likeness (QED) is 0.685. The lowest BCUT2D eigenvalue weighted by molar-refractivity contribution is 0.0948. The normalized spacial score (nSPS) is 10.4. The van der Waals surface area contributed by atoms with Crippen molar-refractivity contribution < 1.29 is 14.0 Å². The first kappa shape index (κ1) is 18.0. The Morgan fingerprint density at radius 1 is 1.08 bits per heavy atom. The summed E-state index contributed by atoms with van der Waals surface area (Å²) in [6.45, 7) is 0.244. The third-order valence-corrected chi connectivity index (χ3v) is 4.00. The van der Waals surface area contributed by atoms with Crippen LogP contribution in [-0.4, -0.2) is 16.8 Å². The van der Waals surface area contributed by atoms with Crippen LogP contribution in [0.3, 0.4) is 0 Å². The molecule has 0 aliphatic carbocycles. The lowest BCUT2D eigenvalue weighted by Gasteiger charge is -2.08. The number of rotatable bonds is 5. The summed E-state index contributed by atoms with van der Waals surface area (Å²) in [5, 5.41) is 6.10. The zero-order chi connectivity index (χ0) is 18.5. The van der Waals surface area contributed by atoms with Crippen molar-refractivity contribution in [2.24, 2.45) is 0 Å². The highest BCUT2D eigenvalue weighted by molar-refractivity contribution is 6.35. The lowest BCUT2D eigenvalue weighted by atomic mass is 10.2. The molecule has 6 nitrogen and oxygen atoms in total. The smallest absolute Gasteiger partial charge is 0.274 e. The highest BCUT2D eigenvalue weighted by atomic mass is 35.5. The average Bonchev–Trinajstić information content (AvgIpc) is 3.16. The van der Waals surface area contributed by atoms with Gasteiger partial charge >= 0.3 is 0 Å². The van der Waals surface area contributed by atoms with Crippen LogP contribution in [-0.2, 0) is 6.54 Å². The fourth-order valence-corrected chi connectivity index (χ4v) is 2.50. The van der Waals surface area contributed by atoms with Crippen molar-refractivity contribution in [1.29, 1.82) is 0 Å². The second-order valence-electron chi connectivity index (χ2n) is 5.27. The molecule has 0 saturated heterocycles. The average molecular weight is 390 g/mol. The highest BCUT2D eigenvalue weighted by Gasteiger charge is 2.14. The number of nitrogens with zero attached hydrogens (tertiary/aromatic N) is 1. The molecule has 0 saturated carbocycles. The summed E-state index contributed by atoms with van der Waals surface area (Å²) in [4.78, 5) is 28.6. The molecule has 2 aromatic heterocycles. The van der Waals surface area contributed by atoms with E-state index in [4.69, 9.17) is 27.6 Å². The van der Waals surface area contributed by atoms with E-state index in [-0.39, 0.29) is 18.1 Å². The van der Waals surface area contributed by atoms with Crippen LogP contribution in [0.5, 0.6) is 0 Å². The number of hydrogen-bond acceptors (Lipinski definition) is 4. The van der Waals surface area contributed by atoms with Gasteiger partial charge in [-0.25, -0.2) is 0 Å². The van der Waals surface area contributed by atoms with Crippen molar-refractivity contribution in [2.45, 2.75) is 6.54 Å². The summed E-state index contributed by atoms with van der Waals surface area (Å²) in [6, 6.07) is 11.1. The third kappa shape index (κ3) is 4.41. The van der Waals surface area contributed by atoms with E-state index in [1.165, 1.54) is 30.7 Å². The standard InChI is InChI=1S/C18H13Cl2N3O3/c19-12-3-4-14(20)15(9-12)23-18(25)16-8-11(5-6-21-16)17(24)22-10-13-2-1-7-26-13/h1-9H,10H2,(H,22,24)(H,23,25). The van der Waals surface area contributed by atoms with E-state index in [0.29, 0.717) is 27.1 Å². The van der Waals surface area contributed by atoms with Crippen molar-refractivity contribution in [2.75, 3.05) is 5.32 Å². The first-order chi connectivity index (χ1) is 12.5. The van der Waals surface area contributed by atoms with Crippen LogP contribution >= 0.6 is 23.2 Å². The second kappa shape index (κ2) is 8.03. The van der Waals surface area contributed by atoms with Crippen LogP contribution in [0.15, 0.2) is 59.3 Å². The number of benzene rings is 1. The maximum atomic E-state index is 12.4. The van der Waals surface area contributed by atoms with Crippen molar-refractivity contribution in [3.05, 3.63) is 82.0 Å². The molecule has 0 unspecified atom stereocenters. The first-order valence-corrected chi connectivity index (χ1v) is 8.31. The van der Waals surface area contributed by atoms with Crippen LogP contribution in [0.4, 0.5) is 5.69 Å². The molecule has 0 spiro atoms. The summed E-state index contributed by atoms with van der Waals surface area (Å²) in [5.74, 6) is -0.227. The molecule has 8 heteroatoms. The predicted molar refractivity (Wildman–Crippen MR) is 98.5 cm³/mol. The molecule has 0 atom stereocenters. The molecule has 1 aromatic carbocycles. The number of carbonyl (C=O) groups excluding carboxylic acids is 2. The molecular formula is C18H13Cl2N3O3. The summed E-state index contributed by atoms with van der Waals surface area (Å²) in [7, 11) is 0. The first-order valence-electron chi connectivity index (χ1n) is 7.56. The molecule has 0 aliphatic rings. The number of halogens is 2. The molecule has 3 aromatic rings. The number of anilines is 1. The van der Waals surface area contributed by atoms with E-state index in [9.17, 15) is 9.59 Å². The van der Waals surface area contributed by atoms with Crippen molar-refractivity contribution >= 4 is 40.7 Å². The van der Waals surface area contributed by atoms with Gasteiger partial charge < -0.3 is 15.1 Å². The summed E-state index contributed by atoms with van der Waals surface area (Å²) < 4.78 is 5.15. The van der Waals surface area contributed by atoms with Crippen LogP contribution in [0.1, 0.15) is 26.6 Å². The van der Waals surface area contributed by atoms with Crippen LogP contribution in [0, 0.1) is 0 Å². The molecule has 0 fully saturated rings. The molecule has 0 radical (unpaired) electrons. The van der Waals surface area contributed by atoms with Gasteiger partial charge in [0, 0.05) is 16.8 Å². The van der Waals surface area contributed by atoms with E-state index in [0.717, 1.165) is 0 Å². The van der Waals surface area contributed by atoms with Crippen LogP contribution < -0.4 is 10.6 Å². The molecule has 26 heavy (non-hydrogen) atoms. The van der Waals surface area contributed by atoms with E-state index in [1.54, 1.807) is 24.3 Å². The van der Waals surface area contributed by atoms with Gasteiger partial charge in [0.25, 0.3) is 11.8 Å². The topological polar surface area (TPSA) is 84.2 Å². The molecule has 0 aliphatic heterocycles. The SMILES string of the molecule is O=C(NCc1ccco1)c1ccnc(C(=O)Nc2cc(Cl)ccc2Cl)c1. The molecular weight excluding hydrogens is 377 g/mol. The number of furan rings is 1. The number of aromatic nitrogens is 1. The van der Waals surface area contributed by atoms with Crippen molar-refractivity contribution in [3.8, 4) is 0 Å². The molecule has 2 amide bonds. The molecule has 2 N–H and O–H groups in total. The Labute approximate surface area is 159 Å². The zero-order valence-electron chi connectivity index (χ0n) is 13.3. The second-order valence-corrected chi connectivity index (χ2v) is 6.11.